The van der Waals surface area contributed by atoms with Gasteiger partial charge in [-0.05, 0) is 18.9 Å². The van der Waals surface area contributed by atoms with E-state index in [-0.39, 0.29) is 23.9 Å². The number of hydrogen-bond donors (Lipinski definition) is 2. The molecule has 1 amide bonds. The molecular weight excluding hydrogens is 224 g/mol. The van der Waals surface area contributed by atoms with E-state index in [4.69, 9.17) is 5.73 Å². The summed E-state index contributed by atoms with van der Waals surface area (Å²) in [4.78, 5) is 12.0. The number of rotatable bonds is 6. The summed E-state index contributed by atoms with van der Waals surface area (Å²) in [5, 5.41) is 2.94. The van der Waals surface area contributed by atoms with Crippen LogP contribution in [0.1, 0.15) is 31.9 Å². The van der Waals surface area contributed by atoms with Crippen molar-refractivity contribution >= 4 is 5.91 Å². The Bertz CT molecular complexity index is 389. The first kappa shape index (κ1) is 14.5. The van der Waals surface area contributed by atoms with E-state index in [1.54, 1.807) is 6.08 Å². The maximum Gasteiger partial charge on any atom is 0.224 e. The third-order valence-electron chi connectivity index (χ3n) is 3.05. The van der Waals surface area contributed by atoms with E-state index in [9.17, 15) is 4.79 Å². The van der Waals surface area contributed by atoms with Gasteiger partial charge in [0, 0.05) is 12.1 Å². The van der Waals surface area contributed by atoms with Gasteiger partial charge in [-0.25, -0.2) is 0 Å². The molecule has 1 rings (SSSR count). The summed E-state index contributed by atoms with van der Waals surface area (Å²) in [6.45, 7) is 7.47. The Morgan fingerprint density at radius 2 is 2.00 bits per heavy atom. The molecule has 18 heavy (non-hydrogen) atoms. The van der Waals surface area contributed by atoms with Crippen molar-refractivity contribution in [1.29, 1.82) is 0 Å². The highest BCUT2D eigenvalue weighted by molar-refractivity contribution is 5.79. The fourth-order valence-electron chi connectivity index (χ4n) is 1.81. The average Bonchev–Trinajstić information content (AvgIpc) is 2.38. The van der Waals surface area contributed by atoms with Crippen molar-refractivity contribution in [2.75, 3.05) is 0 Å². The first-order valence-corrected chi connectivity index (χ1v) is 6.28. The van der Waals surface area contributed by atoms with Crippen LogP contribution >= 0.6 is 0 Å². The van der Waals surface area contributed by atoms with Gasteiger partial charge in [0.25, 0.3) is 0 Å². The van der Waals surface area contributed by atoms with Crippen molar-refractivity contribution in [3.63, 3.8) is 0 Å². The minimum atomic E-state index is -0.276. The van der Waals surface area contributed by atoms with Crippen molar-refractivity contribution in [3.05, 3.63) is 48.6 Å². The van der Waals surface area contributed by atoms with Crippen molar-refractivity contribution in [1.82, 2.24) is 5.32 Å². The SMILES string of the molecule is C=CCC(C)NC(=O)C(C)C(N)c1ccccc1. The topological polar surface area (TPSA) is 55.1 Å². The van der Waals surface area contributed by atoms with Gasteiger partial charge in [-0.15, -0.1) is 6.58 Å². The van der Waals surface area contributed by atoms with Gasteiger partial charge in [0.05, 0.1) is 5.92 Å². The number of carbonyl (C=O) groups excluding carboxylic acids is 1. The van der Waals surface area contributed by atoms with Crippen molar-refractivity contribution < 1.29 is 4.79 Å². The van der Waals surface area contributed by atoms with Crippen LogP contribution in [-0.4, -0.2) is 11.9 Å². The maximum absolute atomic E-state index is 12.0. The molecule has 0 heterocycles. The second-order valence-corrected chi connectivity index (χ2v) is 4.66. The van der Waals surface area contributed by atoms with Crippen LogP contribution in [0.4, 0.5) is 0 Å². The lowest BCUT2D eigenvalue weighted by Gasteiger charge is -2.22. The Kier molecular flexibility index (Phi) is 5.59. The largest absolute Gasteiger partial charge is 0.353 e. The highest BCUT2D eigenvalue weighted by atomic mass is 16.1. The first-order valence-electron chi connectivity index (χ1n) is 6.28. The van der Waals surface area contributed by atoms with Gasteiger partial charge in [-0.3, -0.25) is 4.79 Å². The molecule has 3 heteroatoms. The molecule has 98 valence electrons. The smallest absolute Gasteiger partial charge is 0.224 e. The Morgan fingerprint density at radius 3 is 2.56 bits per heavy atom. The number of carbonyl (C=O) groups is 1. The molecule has 0 radical (unpaired) electrons. The fraction of sp³-hybridized carbons (Fsp3) is 0.400. The second-order valence-electron chi connectivity index (χ2n) is 4.66. The molecule has 3 unspecified atom stereocenters. The van der Waals surface area contributed by atoms with Crippen LogP contribution in [0.3, 0.4) is 0 Å². The first-order chi connectivity index (χ1) is 8.56. The summed E-state index contributed by atoms with van der Waals surface area (Å²) < 4.78 is 0. The summed E-state index contributed by atoms with van der Waals surface area (Å²) in [7, 11) is 0. The molecule has 1 aromatic rings. The normalized spacial score (nSPS) is 15.5. The summed E-state index contributed by atoms with van der Waals surface area (Å²) in [5.41, 5.74) is 7.09. The zero-order valence-corrected chi connectivity index (χ0v) is 11.1. The van der Waals surface area contributed by atoms with Gasteiger partial charge in [0.2, 0.25) is 5.91 Å². The van der Waals surface area contributed by atoms with Gasteiger partial charge in [-0.1, -0.05) is 43.3 Å². The van der Waals surface area contributed by atoms with Gasteiger partial charge in [0.15, 0.2) is 0 Å². The number of benzene rings is 1. The summed E-state index contributed by atoms with van der Waals surface area (Å²) >= 11 is 0. The molecule has 1 aromatic carbocycles. The predicted octanol–water partition coefficient (Wildman–Crippen LogP) is 2.40. The zero-order chi connectivity index (χ0) is 13.5. The molecule has 0 aliphatic rings. The van der Waals surface area contributed by atoms with Crippen LogP contribution in [0.15, 0.2) is 43.0 Å². The van der Waals surface area contributed by atoms with Crippen molar-refractivity contribution in [2.45, 2.75) is 32.4 Å². The zero-order valence-electron chi connectivity index (χ0n) is 11.1. The molecule has 0 saturated heterocycles. The average molecular weight is 246 g/mol. The molecule has 0 fully saturated rings. The maximum atomic E-state index is 12.0. The van der Waals surface area contributed by atoms with Gasteiger partial charge < -0.3 is 11.1 Å². The molecule has 3 N–H and O–H groups in total. The van der Waals surface area contributed by atoms with Gasteiger partial charge in [-0.2, -0.15) is 0 Å². The standard InChI is InChI=1S/C15H22N2O/c1-4-8-11(2)17-15(18)12(3)14(16)13-9-6-5-7-10-13/h4-7,9-12,14H,1,8,16H2,2-3H3,(H,17,18). The van der Waals surface area contributed by atoms with Crippen LogP contribution in [0, 0.1) is 5.92 Å². The molecule has 0 aromatic heterocycles. The van der Waals surface area contributed by atoms with E-state index in [0.29, 0.717) is 0 Å². The van der Waals surface area contributed by atoms with Crippen LogP contribution in [0.5, 0.6) is 0 Å². The Morgan fingerprint density at radius 1 is 1.39 bits per heavy atom. The third-order valence-corrected chi connectivity index (χ3v) is 3.05. The number of hydrogen-bond acceptors (Lipinski definition) is 2. The Hall–Kier alpha value is -1.61. The minimum Gasteiger partial charge on any atom is -0.353 e. The number of nitrogens with one attached hydrogen (secondary N) is 1. The van der Waals surface area contributed by atoms with Crippen molar-refractivity contribution in [3.8, 4) is 0 Å². The fourth-order valence-corrected chi connectivity index (χ4v) is 1.81. The quantitative estimate of drug-likeness (QED) is 0.757. The van der Waals surface area contributed by atoms with Crippen LogP contribution in [-0.2, 0) is 4.79 Å². The van der Waals surface area contributed by atoms with E-state index in [1.165, 1.54) is 0 Å². The summed E-state index contributed by atoms with van der Waals surface area (Å²) in [6, 6.07) is 9.51. The summed E-state index contributed by atoms with van der Waals surface area (Å²) in [6.07, 6.45) is 2.56. The molecular formula is C15H22N2O. The predicted molar refractivity (Wildman–Crippen MR) is 75.0 cm³/mol. The lowest BCUT2D eigenvalue weighted by Crippen LogP contribution is -2.40. The summed E-state index contributed by atoms with van der Waals surface area (Å²) in [5.74, 6) is -0.264. The minimum absolute atomic E-state index is 0.0132. The van der Waals surface area contributed by atoms with E-state index in [1.807, 2.05) is 44.2 Å². The number of amides is 1. The number of nitrogens with two attached hydrogens (primary N) is 1. The van der Waals surface area contributed by atoms with Crippen LogP contribution < -0.4 is 11.1 Å². The van der Waals surface area contributed by atoms with Crippen LogP contribution in [0.2, 0.25) is 0 Å². The molecule has 0 aliphatic heterocycles. The molecule has 0 spiro atoms. The van der Waals surface area contributed by atoms with Crippen LogP contribution in [0.25, 0.3) is 0 Å². The monoisotopic (exact) mass is 246 g/mol. The van der Waals surface area contributed by atoms with Crippen molar-refractivity contribution in [2.24, 2.45) is 11.7 Å². The second kappa shape index (κ2) is 6.97. The third kappa shape index (κ3) is 4.00. The Labute approximate surface area is 109 Å². The Balaban J connectivity index is 2.61. The molecule has 0 aliphatic carbocycles. The van der Waals surface area contributed by atoms with Gasteiger partial charge in [0.1, 0.15) is 0 Å². The molecule has 3 atom stereocenters. The van der Waals surface area contributed by atoms with E-state index in [0.717, 1.165) is 12.0 Å². The highest BCUT2D eigenvalue weighted by Crippen LogP contribution is 2.19. The lowest BCUT2D eigenvalue weighted by molar-refractivity contribution is -0.125. The molecule has 0 saturated carbocycles. The molecule has 0 bridgehead atoms. The molecule has 3 nitrogen and oxygen atoms in total. The van der Waals surface area contributed by atoms with Gasteiger partial charge >= 0.3 is 0 Å². The van der Waals surface area contributed by atoms with E-state index >= 15 is 0 Å². The lowest BCUT2D eigenvalue weighted by atomic mass is 9.94. The highest BCUT2D eigenvalue weighted by Gasteiger charge is 2.22. The van der Waals surface area contributed by atoms with E-state index in [2.05, 4.69) is 11.9 Å². The van der Waals surface area contributed by atoms with E-state index < -0.39 is 0 Å².